The summed E-state index contributed by atoms with van der Waals surface area (Å²) in [5.41, 5.74) is 0.592. The molecule has 0 aliphatic heterocycles. The average Bonchev–Trinajstić information content (AvgIpc) is 3.20. The van der Waals surface area contributed by atoms with Gasteiger partial charge in [-0.05, 0) is 47.0 Å². The summed E-state index contributed by atoms with van der Waals surface area (Å²) in [6, 6.07) is 4.37. The first-order chi connectivity index (χ1) is 10.1. The lowest BCUT2D eigenvalue weighted by Gasteiger charge is -2.11. The largest absolute Gasteiger partial charge is 0.481 e. The van der Waals surface area contributed by atoms with Gasteiger partial charge in [0.1, 0.15) is 11.6 Å². The topological polar surface area (TPSA) is 68.0 Å². The number of thioether (sulfide) groups is 1. The first kappa shape index (κ1) is 14.5. The molecule has 0 radical (unpaired) electrons. The molecule has 8 heteroatoms. The lowest BCUT2D eigenvalue weighted by molar-refractivity contribution is -0.133. The number of rotatable bonds is 5. The Labute approximate surface area is 132 Å². The Balaban J connectivity index is 2.07. The molecule has 3 rings (SSSR count). The molecule has 1 N–H and O–H groups in total. The van der Waals surface area contributed by atoms with E-state index in [-0.39, 0.29) is 11.6 Å². The van der Waals surface area contributed by atoms with Crippen LogP contribution < -0.4 is 0 Å². The average molecular weight is 372 g/mol. The van der Waals surface area contributed by atoms with E-state index in [1.807, 2.05) is 0 Å². The highest BCUT2D eigenvalue weighted by atomic mass is 79.9. The third kappa shape index (κ3) is 3.11. The molecule has 1 aliphatic rings. The number of hydrogen-bond acceptors (Lipinski definition) is 4. The van der Waals surface area contributed by atoms with Crippen molar-refractivity contribution in [3.63, 3.8) is 0 Å². The zero-order valence-corrected chi connectivity index (χ0v) is 13.2. The molecule has 0 spiro atoms. The lowest BCUT2D eigenvalue weighted by atomic mass is 10.3. The number of halogens is 2. The Bertz CT molecular complexity index is 703. The highest BCUT2D eigenvalue weighted by molar-refractivity contribution is 9.10. The van der Waals surface area contributed by atoms with Crippen LogP contribution in [0.2, 0.25) is 0 Å². The van der Waals surface area contributed by atoms with Gasteiger partial charge in [-0.15, -0.1) is 10.2 Å². The number of aliphatic carboxylic acids is 1. The maximum absolute atomic E-state index is 13.6. The van der Waals surface area contributed by atoms with Crippen LogP contribution in [-0.4, -0.2) is 31.6 Å². The molecule has 0 amide bonds. The summed E-state index contributed by atoms with van der Waals surface area (Å²) < 4.78 is 16.0. The summed E-state index contributed by atoms with van der Waals surface area (Å²) in [4.78, 5) is 10.7. The second-order valence-corrected chi connectivity index (χ2v) is 6.53. The summed E-state index contributed by atoms with van der Waals surface area (Å²) >= 11 is 4.48. The number of hydrogen-bond donors (Lipinski definition) is 1. The van der Waals surface area contributed by atoms with Crippen LogP contribution in [-0.2, 0) is 4.79 Å². The van der Waals surface area contributed by atoms with Crippen LogP contribution in [0, 0.1) is 5.82 Å². The van der Waals surface area contributed by atoms with E-state index in [9.17, 15) is 9.18 Å². The molecule has 1 heterocycles. The fraction of sp³-hybridized carbons (Fsp3) is 0.308. The van der Waals surface area contributed by atoms with Gasteiger partial charge in [-0.2, -0.15) is 0 Å². The van der Waals surface area contributed by atoms with Crippen LogP contribution in [0.1, 0.15) is 24.6 Å². The molecule has 5 nitrogen and oxygen atoms in total. The van der Waals surface area contributed by atoms with Crippen molar-refractivity contribution >= 4 is 33.7 Å². The first-order valence-corrected chi connectivity index (χ1v) is 8.09. The van der Waals surface area contributed by atoms with E-state index in [2.05, 4.69) is 26.1 Å². The Hall–Kier alpha value is -1.41. The Morgan fingerprint density at radius 1 is 1.48 bits per heavy atom. The highest BCUT2D eigenvalue weighted by Gasteiger charge is 2.31. The molecule has 0 saturated heterocycles. The van der Waals surface area contributed by atoms with Crippen LogP contribution in [0.25, 0.3) is 5.69 Å². The smallest absolute Gasteiger partial charge is 0.313 e. The van der Waals surface area contributed by atoms with Gasteiger partial charge in [0, 0.05) is 10.4 Å². The van der Waals surface area contributed by atoms with Gasteiger partial charge in [-0.25, -0.2) is 4.39 Å². The van der Waals surface area contributed by atoms with Gasteiger partial charge in [0.2, 0.25) is 0 Å². The molecule has 110 valence electrons. The van der Waals surface area contributed by atoms with Gasteiger partial charge in [0.05, 0.1) is 11.4 Å². The summed E-state index contributed by atoms with van der Waals surface area (Å²) in [7, 11) is 0. The Morgan fingerprint density at radius 3 is 2.90 bits per heavy atom. The SMILES string of the molecule is O=C(O)CSc1nnc(C2CC2)n1-c1cc(F)ccc1Br. The maximum atomic E-state index is 13.6. The number of nitrogens with zero attached hydrogens (tertiary/aromatic N) is 3. The minimum absolute atomic E-state index is 0.115. The van der Waals surface area contributed by atoms with Gasteiger partial charge in [-0.3, -0.25) is 9.36 Å². The Morgan fingerprint density at radius 2 is 2.24 bits per heavy atom. The summed E-state index contributed by atoms with van der Waals surface area (Å²) in [6.45, 7) is 0. The number of aromatic nitrogens is 3. The van der Waals surface area contributed by atoms with Gasteiger partial charge in [-0.1, -0.05) is 11.8 Å². The molecule has 21 heavy (non-hydrogen) atoms. The number of carboxylic acid groups (broad SMARTS) is 1. The number of carboxylic acids is 1. The van der Waals surface area contributed by atoms with Gasteiger partial charge < -0.3 is 5.11 Å². The van der Waals surface area contributed by atoms with E-state index in [1.54, 1.807) is 10.6 Å². The molecule has 0 unspecified atom stereocenters. The number of carbonyl (C=O) groups is 1. The van der Waals surface area contributed by atoms with Crippen LogP contribution >= 0.6 is 27.7 Å². The predicted octanol–water partition coefficient (Wildman–Crippen LogP) is 3.22. The van der Waals surface area contributed by atoms with Crippen molar-refractivity contribution in [2.45, 2.75) is 23.9 Å². The monoisotopic (exact) mass is 371 g/mol. The second kappa shape index (κ2) is 5.76. The van der Waals surface area contributed by atoms with Crippen LogP contribution in [0.15, 0.2) is 27.8 Å². The van der Waals surface area contributed by atoms with Crippen LogP contribution in [0.3, 0.4) is 0 Å². The van der Waals surface area contributed by atoms with Crippen molar-refractivity contribution in [2.24, 2.45) is 0 Å². The number of benzene rings is 1. The zero-order chi connectivity index (χ0) is 15.0. The molecule has 0 atom stereocenters. The molecule has 2 aromatic rings. The first-order valence-electron chi connectivity index (χ1n) is 6.31. The normalized spacial score (nSPS) is 14.4. The predicted molar refractivity (Wildman–Crippen MR) is 79.4 cm³/mol. The Kier molecular flexibility index (Phi) is 3.99. The molecule has 1 fully saturated rings. The van der Waals surface area contributed by atoms with E-state index in [0.717, 1.165) is 30.4 Å². The standard InChI is InChI=1S/C13H11BrFN3O2S/c14-9-4-3-8(15)5-10(9)18-12(7-1-2-7)16-17-13(18)21-6-11(19)20/h3-5,7H,1-2,6H2,(H,19,20). The van der Waals surface area contributed by atoms with Crippen molar-refractivity contribution < 1.29 is 14.3 Å². The summed E-state index contributed by atoms with van der Waals surface area (Å²) in [5.74, 6) is -0.338. The fourth-order valence-corrected chi connectivity index (χ4v) is 3.09. The maximum Gasteiger partial charge on any atom is 0.313 e. The molecular weight excluding hydrogens is 361 g/mol. The summed E-state index contributed by atoms with van der Waals surface area (Å²) in [5, 5.41) is 17.5. The van der Waals surface area contributed by atoms with Crippen molar-refractivity contribution in [3.05, 3.63) is 34.3 Å². The van der Waals surface area contributed by atoms with Crippen molar-refractivity contribution in [2.75, 3.05) is 5.75 Å². The van der Waals surface area contributed by atoms with E-state index >= 15 is 0 Å². The second-order valence-electron chi connectivity index (χ2n) is 4.73. The lowest BCUT2D eigenvalue weighted by Crippen LogP contribution is -2.05. The third-order valence-corrected chi connectivity index (χ3v) is 4.66. The molecule has 1 aliphatic carbocycles. The van der Waals surface area contributed by atoms with Crippen molar-refractivity contribution in [1.82, 2.24) is 14.8 Å². The minimum atomic E-state index is -0.930. The van der Waals surface area contributed by atoms with Crippen molar-refractivity contribution in [3.8, 4) is 5.69 Å². The van der Waals surface area contributed by atoms with E-state index in [0.29, 0.717) is 21.2 Å². The fourth-order valence-electron chi connectivity index (χ4n) is 1.99. The minimum Gasteiger partial charge on any atom is -0.481 e. The van der Waals surface area contributed by atoms with Crippen LogP contribution in [0.5, 0.6) is 0 Å². The van der Waals surface area contributed by atoms with E-state index < -0.39 is 5.97 Å². The molecule has 0 bridgehead atoms. The quantitative estimate of drug-likeness (QED) is 0.817. The zero-order valence-electron chi connectivity index (χ0n) is 10.8. The van der Waals surface area contributed by atoms with Gasteiger partial charge >= 0.3 is 5.97 Å². The summed E-state index contributed by atoms with van der Waals surface area (Å²) in [6.07, 6.45) is 2.04. The third-order valence-electron chi connectivity index (χ3n) is 3.07. The molecular formula is C13H11BrFN3O2S. The molecule has 1 aromatic carbocycles. The highest BCUT2D eigenvalue weighted by Crippen LogP contribution is 2.42. The van der Waals surface area contributed by atoms with Gasteiger partial charge in [0.15, 0.2) is 5.16 Å². The van der Waals surface area contributed by atoms with Gasteiger partial charge in [0.25, 0.3) is 0 Å². The molecule has 1 aromatic heterocycles. The van der Waals surface area contributed by atoms with E-state index in [1.165, 1.54) is 12.1 Å². The van der Waals surface area contributed by atoms with E-state index in [4.69, 9.17) is 5.11 Å². The van der Waals surface area contributed by atoms with Crippen LogP contribution in [0.4, 0.5) is 4.39 Å². The molecule has 1 saturated carbocycles. The van der Waals surface area contributed by atoms with Crippen molar-refractivity contribution in [1.29, 1.82) is 0 Å².